The summed E-state index contributed by atoms with van der Waals surface area (Å²) in [5.74, 6) is -0.0558. The van der Waals surface area contributed by atoms with Gasteiger partial charge >= 0.3 is 6.09 Å². The van der Waals surface area contributed by atoms with Crippen LogP contribution in [-0.4, -0.2) is 18.5 Å². The van der Waals surface area contributed by atoms with Gasteiger partial charge in [0.1, 0.15) is 6.10 Å². The van der Waals surface area contributed by atoms with E-state index in [0.717, 1.165) is 5.56 Å². The number of amides is 2. The SMILES string of the molecule is O=C1NCC(c2ccc(NC(=O)c3ccco3)cc2)O1. The standard InChI is InChI=1S/C14H12N2O4/c17-13(11-2-1-7-19-11)16-10-5-3-9(4-6-10)12-8-15-14(18)20-12/h1-7,12H,8H2,(H,15,18)(H,16,17). The van der Waals surface area contributed by atoms with Crippen molar-refractivity contribution in [1.29, 1.82) is 0 Å². The molecule has 0 saturated carbocycles. The molecule has 2 amide bonds. The van der Waals surface area contributed by atoms with Crippen LogP contribution in [0, 0.1) is 0 Å². The van der Waals surface area contributed by atoms with Gasteiger partial charge in [0.15, 0.2) is 5.76 Å². The first-order valence-corrected chi connectivity index (χ1v) is 6.12. The Bertz CT molecular complexity index is 619. The van der Waals surface area contributed by atoms with E-state index in [1.807, 2.05) is 12.1 Å². The predicted octanol–water partition coefficient (Wildman–Crippen LogP) is 2.31. The molecule has 20 heavy (non-hydrogen) atoms. The lowest BCUT2D eigenvalue weighted by Gasteiger charge is -2.09. The first-order chi connectivity index (χ1) is 9.72. The molecule has 2 heterocycles. The fourth-order valence-corrected chi connectivity index (χ4v) is 1.96. The number of furan rings is 1. The minimum absolute atomic E-state index is 0.253. The van der Waals surface area contributed by atoms with Crippen LogP contribution in [0.5, 0.6) is 0 Å². The van der Waals surface area contributed by atoms with E-state index in [9.17, 15) is 9.59 Å². The van der Waals surface area contributed by atoms with Gasteiger partial charge in [-0.05, 0) is 29.8 Å². The molecule has 2 aromatic rings. The molecule has 3 rings (SSSR count). The molecule has 2 N–H and O–H groups in total. The number of hydrogen-bond acceptors (Lipinski definition) is 4. The number of hydrogen-bond donors (Lipinski definition) is 2. The number of nitrogens with one attached hydrogen (secondary N) is 2. The highest BCUT2D eigenvalue weighted by molar-refractivity contribution is 6.02. The van der Waals surface area contributed by atoms with Crippen LogP contribution in [0.1, 0.15) is 22.2 Å². The Morgan fingerprint density at radius 2 is 2.05 bits per heavy atom. The number of carbonyl (C=O) groups excluding carboxylic acids is 2. The van der Waals surface area contributed by atoms with Crippen LogP contribution in [-0.2, 0) is 4.74 Å². The molecule has 6 nitrogen and oxygen atoms in total. The van der Waals surface area contributed by atoms with E-state index in [0.29, 0.717) is 12.2 Å². The molecule has 0 radical (unpaired) electrons. The zero-order valence-corrected chi connectivity index (χ0v) is 10.5. The van der Waals surface area contributed by atoms with Crippen molar-refractivity contribution in [2.45, 2.75) is 6.10 Å². The van der Waals surface area contributed by atoms with Crippen molar-refractivity contribution in [2.75, 3.05) is 11.9 Å². The Morgan fingerprint density at radius 1 is 1.25 bits per heavy atom. The summed E-state index contributed by atoms with van der Waals surface area (Å²) in [5.41, 5.74) is 1.52. The Hall–Kier alpha value is -2.76. The largest absolute Gasteiger partial charge is 0.459 e. The molecule has 1 aromatic heterocycles. The summed E-state index contributed by atoms with van der Waals surface area (Å²) < 4.78 is 10.1. The second kappa shape index (κ2) is 5.08. The Balaban J connectivity index is 1.67. The van der Waals surface area contributed by atoms with Gasteiger partial charge < -0.3 is 19.8 Å². The Kier molecular flexibility index (Phi) is 3.12. The van der Waals surface area contributed by atoms with Crippen LogP contribution < -0.4 is 10.6 Å². The second-order valence-electron chi connectivity index (χ2n) is 4.33. The lowest BCUT2D eigenvalue weighted by molar-refractivity contribution is 0.0996. The Labute approximate surface area is 114 Å². The summed E-state index contributed by atoms with van der Waals surface area (Å²) in [7, 11) is 0. The second-order valence-corrected chi connectivity index (χ2v) is 4.33. The van der Waals surface area contributed by atoms with Crippen LogP contribution in [0.2, 0.25) is 0 Å². The number of ether oxygens (including phenoxy) is 1. The quantitative estimate of drug-likeness (QED) is 0.898. The van der Waals surface area contributed by atoms with Gasteiger partial charge in [-0.15, -0.1) is 0 Å². The van der Waals surface area contributed by atoms with Crippen molar-refractivity contribution in [2.24, 2.45) is 0 Å². The van der Waals surface area contributed by atoms with E-state index in [-0.39, 0.29) is 17.8 Å². The van der Waals surface area contributed by atoms with E-state index in [1.54, 1.807) is 24.3 Å². The molecule has 1 unspecified atom stereocenters. The third-order valence-electron chi connectivity index (χ3n) is 2.97. The number of rotatable bonds is 3. The molecule has 1 aromatic carbocycles. The van der Waals surface area contributed by atoms with Crippen LogP contribution in [0.4, 0.5) is 10.5 Å². The minimum Gasteiger partial charge on any atom is -0.459 e. The molecule has 0 spiro atoms. The van der Waals surface area contributed by atoms with Crippen LogP contribution >= 0.6 is 0 Å². The van der Waals surface area contributed by atoms with Gasteiger partial charge in [-0.25, -0.2) is 4.79 Å². The van der Waals surface area contributed by atoms with Crippen LogP contribution in [0.3, 0.4) is 0 Å². The molecule has 1 saturated heterocycles. The normalized spacial score (nSPS) is 17.4. The van der Waals surface area contributed by atoms with Gasteiger partial charge in [-0.3, -0.25) is 4.79 Å². The third kappa shape index (κ3) is 2.49. The molecule has 1 aliphatic rings. The van der Waals surface area contributed by atoms with Crippen molar-refractivity contribution in [1.82, 2.24) is 5.32 Å². The van der Waals surface area contributed by atoms with Crippen molar-refractivity contribution >= 4 is 17.7 Å². The maximum Gasteiger partial charge on any atom is 0.407 e. The fourth-order valence-electron chi connectivity index (χ4n) is 1.96. The molecule has 1 fully saturated rings. The van der Waals surface area contributed by atoms with Gasteiger partial charge in [0.05, 0.1) is 12.8 Å². The van der Waals surface area contributed by atoms with Crippen molar-refractivity contribution in [3.8, 4) is 0 Å². The van der Waals surface area contributed by atoms with Crippen LogP contribution in [0.25, 0.3) is 0 Å². The summed E-state index contributed by atoms with van der Waals surface area (Å²) in [5, 5.41) is 5.30. The molecule has 6 heteroatoms. The molecule has 1 aliphatic heterocycles. The first-order valence-electron chi connectivity index (χ1n) is 6.12. The molecule has 0 bridgehead atoms. The monoisotopic (exact) mass is 272 g/mol. The highest BCUT2D eigenvalue weighted by Crippen LogP contribution is 2.22. The maximum absolute atomic E-state index is 11.8. The summed E-state index contributed by atoms with van der Waals surface area (Å²) in [6.45, 7) is 0.455. The van der Waals surface area contributed by atoms with Crippen molar-refractivity contribution in [3.63, 3.8) is 0 Å². The number of alkyl carbamates (subject to hydrolysis) is 1. The zero-order chi connectivity index (χ0) is 13.9. The Morgan fingerprint density at radius 3 is 2.65 bits per heavy atom. The van der Waals surface area contributed by atoms with Crippen LogP contribution in [0.15, 0.2) is 47.1 Å². The summed E-state index contributed by atoms with van der Waals surface area (Å²) in [4.78, 5) is 22.7. The van der Waals surface area contributed by atoms with Gasteiger partial charge in [-0.2, -0.15) is 0 Å². The maximum atomic E-state index is 11.8. The molecular formula is C14H12N2O4. The topological polar surface area (TPSA) is 80.6 Å². The number of benzene rings is 1. The highest BCUT2D eigenvalue weighted by atomic mass is 16.6. The molecule has 0 aliphatic carbocycles. The number of anilines is 1. The lowest BCUT2D eigenvalue weighted by Crippen LogP contribution is -2.12. The van der Waals surface area contributed by atoms with E-state index in [4.69, 9.17) is 9.15 Å². The van der Waals surface area contributed by atoms with E-state index < -0.39 is 6.09 Å². The molecule has 102 valence electrons. The summed E-state index contributed by atoms with van der Waals surface area (Å²) in [6.07, 6.45) is 0.752. The van der Waals surface area contributed by atoms with Crippen molar-refractivity contribution in [3.05, 3.63) is 54.0 Å². The fraction of sp³-hybridized carbons (Fsp3) is 0.143. The highest BCUT2D eigenvalue weighted by Gasteiger charge is 2.23. The summed E-state index contributed by atoms with van der Waals surface area (Å²) in [6, 6.07) is 10.4. The van der Waals surface area contributed by atoms with E-state index in [2.05, 4.69) is 10.6 Å². The third-order valence-corrected chi connectivity index (χ3v) is 2.97. The average Bonchev–Trinajstić information content (AvgIpc) is 3.10. The number of cyclic esters (lactones) is 1. The molecular weight excluding hydrogens is 260 g/mol. The smallest absolute Gasteiger partial charge is 0.407 e. The first kappa shape index (κ1) is 12.3. The van der Waals surface area contributed by atoms with Gasteiger partial charge in [0.25, 0.3) is 5.91 Å². The van der Waals surface area contributed by atoms with E-state index in [1.165, 1.54) is 6.26 Å². The predicted molar refractivity (Wildman–Crippen MR) is 70.3 cm³/mol. The average molecular weight is 272 g/mol. The van der Waals surface area contributed by atoms with Crippen molar-refractivity contribution < 1.29 is 18.7 Å². The number of carbonyl (C=O) groups is 2. The zero-order valence-electron chi connectivity index (χ0n) is 10.5. The van der Waals surface area contributed by atoms with Gasteiger partial charge in [0, 0.05) is 5.69 Å². The minimum atomic E-state index is -0.412. The van der Waals surface area contributed by atoms with E-state index >= 15 is 0 Å². The van der Waals surface area contributed by atoms with Gasteiger partial charge in [0.2, 0.25) is 0 Å². The summed E-state index contributed by atoms with van der Waals surface area (Å²) >= 11 is 0. The lowest BCUT2D eigenvalue weighted by atomic mass is 10.1. The molecule has 1 atom stereocenters. The van der Waals surface area contributed by atoms with Gasteiger partial charge in [-0.1, -0.05) is 12.1 Å².